The fraction of sp³-hybridized carbons (Fsp3) is 0.263. The first-order valence-corrected chi connectivity index (χ1v) is 8.47. The lowest BCUT2D eigenvalue weighted by molar-refractivity contribution is -0.385. The lowest BCUT2D eigenvalue weighted by Gasteiger charge is -2.09. The summed E-state index contributed by atoms with van der Waals surface area (Å²) in [6.45, 7) is 1.81. The maximum atomic E-state index is 12.0. The molecule has 0 unspecified atom stereocenters. The van der Waals surface area contributed by atoms with Crippen molar-refractivity contribution in [3.8, 4) is 11.5 Å². The van der Waals surface area contributed by atoms with E-state index < -0.39 is 23.4 Å². The van der Waals surface area contributed by atoms with E-state index in [0.717, 1.165) is 6.42 Å². The Morgan fingerprint density at radius 3 is 2.46 bits per heavy atom. The molecule has 0 heterocycles. The zero-order chi connectivity index (χ0) is 20.5. The van der Waals surface area contributed by atoms with Gasteiger partial charge in [0.05, 0.1) is 30.3 Å². The fourth-order valence-corrected chi connectivity index (χ4v) is 2.20. The predicted octanol–water partition coefficient (Wildman–Crippen LogP) is 3.19. The number of esters is 1. The van der Waals surface area contributed by atoms with Crippen LogP contribution in [0.25, 0.3) is 0 Å². The molecule has 1 N–H and O–H groups in total. The van der Waals surface area contributed by atoms with E-state index in [1.807, 2.05) is 6.92 Å². The van der Waals surface area contributed by atoms with Gasteiger partial charge >= 0.3 is 11.7 Å². The van der Waals surface area contributed by atoms with Gasteiger partial charge in [0.25, 0.3) is 5.91 Å². The van der Waals surface area contributed by atoms with Crippen LogP contribution >= 0.6 is 0 Å². The van der Waals surface area contributed by atoms with Crippen LogP contribution in [0.5, 0.6) is 11.5 Å². The molecule has 9 heteroatoms. The minimum absolute atomic E-state index is 0.0463. The summed E-state index contributed by atoms with van der Waals surface area (Å²) >= 11 is 0. The number of hydrogen-bond donors (Lipinski definition) is 1. The highest BCUT2D eigenvalue weighted by Crippen LogP contribution is 2.30. The predicted molar refractivity (Wildman–Crippen MR) is 101 cm³/mol. The first-order chi connectivity index (χ1) is 13.4. The Bertz CT molecular complexity index is 850. The lowest BCUT2D eigenvalue weighted by atomic mass is 10.2. The molecule has 0 aliphatic rings. The Kier molecular flexibility index (Phi) is 7.32. The summed E-state index contributed by atoms with van der Waals surface area (Å²) in [4.78, 5) is 34.3. The maximum Gasteiger partial charge on any atom is 0.338 e. The number of nitro groups is 1. The molecular formula is C19H20N2O7. The number of nitro benzene ring substituents is 1. The smallest absolute Gasteiger partial charge is 0.338 e. The highest BCUT2D eigenvalue weighted by molar-refractivity contribution is 5.93. The molecule has 0 saturated heterocycles. The molecule has 1 amide bonds. The zero-order valence-corrected chi connectivity index (χ0v) is 15.5. The van der Waals surface area contributed by atoms with Crippen LogP contribution in [0.2, 0.25) is 0 Å². The number of hydrogen-bond acceptors (Lipinski definition) is 7. The van der Waals surface area contributed by atoms with Gasteiger partial charge in [-0.25, -0.2) is 4.79 Å². The highest BCUT2D eigenvalue weighted by Gasteiger charge is 2.17. The van der Waals surface area contributed by atoms with Crippen molar-refractivity contribution >= 4 is 23.3 Å². The normalized spacial score (nSPS) is 10.1. The van der Waals surface area contributed by atoms with Gasteiger partial charge in [-0.15, -0.1) is 0 Å². The van der Waals surface area contributed by atoms with Crippen molar-refractivity contribution in [2.75, 3.05) is 25.6 Å². The molecule has 0 radical (unpaired) electrons. The van der Waals surface area contributed by atoms with Gasteiger partial charge in [0.2, 0.25) is 0 Å². The third-order valence-electron chi connectivity index (χ3n) is 3.56. The minimum atomic E-state index is -0.619. The van der Waals surface area contributed by atoms with Crippen LogP contribution < -0.4 is 14.8 Å². The lowest BCUT2D eigenvalue weighted by Crippen LogP contribution is -2.20. The molecule has 2 aromatic rings. The SMILES string of the molecule is CCCOC(=O)c1ccc(NC(=O)COc2ccc(OC)cc2[N+](=O)[O-])cc1. The Labute approximate surface area is 161 Å². The average molecular weight is 388 g/mol. The standard InChI is InChI=1S/C19H20N2O7/c1-3-10-27-19(23)13-4-6-14(7-5-13)20-18(22)12-28-17-9-8-15(26-2)11-16(17)21(24)25/h4-9,11H,3,10,12H2,1-2H3,(H,20,22). The number of amides is 1. The minimum Gasteiger partial charge on any atom is -0.496 e. The van der Waals surface area contributed by atoms with Crippen LogP contribution in [-0.4, -0.2) is 37.1 Å². The molecule has 2 aromatic carbocycles. The number of carbonyl (C=O) groups excluding carboxylic acids is 2. The number of nitrogens with one attached hydrogen (secondary N) is 1. The monoisotopic (exact) mass is 388 g/mol. The Morgan fingerprint density at radius 2 is 1.86 bits per heavy atom. The Balaban J connectivity index is 1.94. The summed E-state index contributed by atoms with van der Waals surface area (Å²) in [5.41, 5.74) is 0.517. The van der Waals surface area contributed by atoms with Gasteiger partial charge in [-0.3, -0.25) is 14.9 Å². The van der Waals surface area contributed by atoms with Crippen molar-refractivity contribution in [1.82, 2.24) is 0 Å². The van der Waals surface area contributed by atoms with Crippen molar-refractivity contribution in [3.63, 3.8) is 0 Å². The van der Waals surface area contributed by atoms with Crippen LogP contribution in [-0.2, 0) is 9.53 Å². The van der Waals surface area contributed by atoms with E-state index >= 15 is 0 Å². The van der Waals surface area contributed by atoms with Crippen molar-refractivity contribution in [1.29, 1.82) is 0 Å². The summed E-state index contributed by atoms with van der Waals surface area (Å²) < 4.78 is 15.2. The molecule has 0 aliphatic carbocycles. The van der Waals surface area contributed by atoms with Crippen LogP contribution in [0.15, 0.2) is 42.5 Å². The summed E-state index contributed by atoms with van der Waals surface area (Å²) in [6, 6.07) is 10.2. The van der Waals surface area contributed by atoms with Gasteiger partial charge in [-0.2, -0.15) is 0 Å². The third-order valence-corrected chi connectivity index (χ3v) is 3.56. The van der Waals surface area contributed by atoms with Crippen molar-refractivity contribution < 1.29 is 28.7 Å². The number of carbonyl (C=O) groups is 2. The van der Waals surface area contributed by atoms with Gasteiger partial charge in [0.1, 0.15) is 5.75 Å². The van der Waals surface area contributed by atoms with E-state index in [4.69, 9.17) is 14.2 Å². The molecule has 0 aromatic heterocycles. The van der Waals surface area contributed by atoms with Crippen LogP contribution in [0, 0.1) is 10.1 Å². The molecule has 0 bridgehead atoms. The van der Waals surface area contributed by atoms with Crippen LogP contribution in [0.4, 0.5) is 11.4 Å². The van der Waals surface area contributed by atoms with Gasteiger partial charge in [-0.1, -0.05) is 6.92 Å². The van der Waals surface area contributed by atoms with Crippen LogP contribution in [0.3, 0.4) is 0 Å². The maximum absolute atomic E-state index is 12.0. The molecule has 0 atom stereocenters. The fourth-order valence-electron chi connectivity index (χ4n) is 2.20. The quantitative estimate of drug-likeness (QED) is 0.398. The third kappa shape index (κ3) is 5.70. The summed E-state index contributed by atoms with van der Waals surface area (Å²) in [5.74, 6) is -0.683. The second-order valence-electron chi connectivity index (χ2n) is 5.64. The second kappa shape index (κ2) is 9.91. The van der Waals surface area contributed by atoms with Crippen molar-refractivity contribution in [2.45, 2.75) is 13.3 Å². The van der Waals surface area contributed by atoms with Crippen LogP contribution in [0.1, 0.15) is 23.7 Å². The number of benzene rings is 2. The first-order valence-electron chi connectivity index (χ1n) is 8.47. The molecule has 0 fully saturated rings. The van der Waals surface area contributed by atoms with Crippen molar-refractivity contribution in [2.24, 2.45) is 0 Å². The number of nitrogens with zero attached hydrogens (tertiary/aromatic N) is 1. The number of rotatable bonds is 9. The molecule has 0 aliphatic heterocycles. The Morgan fingerprint density at radius 1 is 1.14 bits per heavy atom. The molecule has 2 rings (SSSR count). The van der Waals surface area contributed by atoms with Gasteiger partial charge < -0.3 is 19.5 Å². The van der Waals surface area contributed by atoms with Crippen molar-refractivity contribution in [3.05, 3.63) is 58.1 Å². The average Bonchev–Trinajstić information content (AvgIpc) is 2.70. The van der Waals surface area contributed by atoms with Gasteiger partial charge in [0, 0.05) is 5.69 Å². The summed E-state index contributed by atoms with van der Waals surface area (Å²) in [5, 5.41) is 13.7. The van der Waals surface area contributed by atoms with E-state index in [1.54, 1.807) is 12.1 Å². The molecule has 0 spiro atoms. The molecular weight excluding hydrogens is 368 g/mol. The van der Waals surface area contributed by atoms with E-state index in [0.29, 0.717) is 23.6 Å². The zero-order valence-electron chi connectivity index (χ0n) is 15.5. The largest absolute Gasteiger partial charge is 0.496 e. The number of ether oxygens (including phenoxy) is 3. The van der Waals surface area contributed by atoms with Gasteiger partial charge in [-0.05, 0) is 42.8 Å². The summed E-state index contributed by atoms with van der Waals surface area (Å²) in [6.07, 6.45) is 0.728. The number of anilines is 1. The van der Waals surface area contributed by atoms with Gasteiger partial charge in [0.15, 0.2) is 12.4 Å². The Hall–Kier alpha value is -3.62. The highest BCUT2D eigenvalue weighted by atomic mass is 16.6. The summed E-state index contributed by atoms with van der Waals surface area (Å²) in [7, 11) is 1.39. The van der Waals surface area contributed by atoms with E-state index in [1.165, 1.54) is 37.4 Å². The first kappa shape index (κ1) is 20.7. The molecule has 28 heavy (non-hydrogen) atoms. The molecule has 148 valence electrons. The van der Waals surface area contributed by atoms with E-state index in [-0.39, 0.29) is 11.4 Å². The topological polar surface area (TPSA) is 117 Å². The second-order valence-corrected chi connectivity index (χ2v) is 5.64. The van der Waals surface area contributed by atoms with E-state index in [9.17, 15) is 19.7 Å². The number of methoxy groups -OCH3 is 1. The van der Waals surface area contributed by atoms with E-state index in [2.05, 4.69) is 5.32 Å². The molecule has 0 saturated carbocycles. The molecule has 9 nitrogen and oxygen atoms in total.